The van der Waals surface area contributed by atoms with Crippen LogP contribution in [0.1, 0.15) is 59.9 Å². The summed E-state index contributed by atoms with van der Waals surface area (Å²) in [7, 11) is 0. The smallest absolute Gasteiger partial charge is 0.293 e. The Labute approximate surface area is 258 Å². The molecule has 6 nitrogen and oxygen atoms in total. The van der Waals surface area contributed by atoms with Crippen molar-refractivity contribution >= 4 is 11.6 Å². The van der Waals surface area contributed by atoms with Gasteiger partial charge in [0.1, 0.15) is 10.8 Å². The predicted octanol–water partition coefficient (Wildman–Crippen LogP) is 7.27. The van der Waals surface area contributed by atoms with Crippen LogP contribution < -0.4 is 4.68 Å². The van der Waals surface area contributed by atoms with Crippen molar-refractivity contribution in [3.8, 4) is 16.8 Å². The number of hydrogen-bond donors (Lipinski definition) is 1. The summed E-state index contributed by atoms with van der Waals surface area (Å²) in [6.45, 7) is 6.62. The van der Waals surface area contributed by atoms with Crippen molar-refractivity contribution in [3.05, 3.63) is 137 Å². The van der Waals surface area contributed by atoms with Crippen LogP contribution in [0.3, 0.4) is 0 Å². The maximum Gasteiger partial charge on any atom is 0.293 e. The molecule has 1 aliphatic heterocycles. The summed E-state index contributed by atoms with van der Waals surface area (Å²) in [4.78, 5) is 7.60. The van der Waals surface area contributed by atoms with E-state index in [-0.39, 0.29) is 5.92 Å². The van der Waals surface area contributed by atoms with Crippen LogP contribution in [0.15, 0.2) is 110 Å². The standard InChI is InChI=1S/C36H35ClN6/c1-25(27-10-11-27)42-18-16-28(17-19-42)29-8-5-9-30(21-29)33(20-26-6-3-2-4-7-26)35-14-12-31(23-38-35)34-22-32(37)13-15-36(34)43-24-39-40-41-43/h2-9,12-15,21-24,27-28,33H,1,10-11,16-20H2/p+1/t33-/m0/s1. The van der Waals surface area contributed by atoms with E-state index in [9.17, 15) is 0 Å². The molecule has 3 aromatic carbocycles. The molecule has 1 saturated carbocycles. The number of nitrogens with one attached hydrogen (secondary N) is 1. The van der Waals surface area contributed by atoms with Crippen molar-refractivity contribution < 1.29 is 4.68 Å². The Morgan fingerprint density at radius 1 is 0.953 bits per heavy atom. The Morgan fingerprint density at radius 2 is 1.79 bits per heavy atom. The fourth-order valence-electron chi connectivity index (χ4n) is 6.46. The van der Waals surface area contributed by atoms with Crippen molar-refractivity contribution in [2.24, 2.45) is 5.92 Å². The molecule has 2 aliphatic rings. The monoisotopic (exact) mass is 587 g/mol. The molecule has 0 amide bonds. The SMILES string of the molecule is C=C(C1CC1)N1CCC(c2cccc([C@H](Cc3ccccc3)c3ccc(-c4cc(Cl)ccc4-[n+]4cnn[nH]4)cn3)c2)CC1. The Morgan fingerprint density at radius 3 is 2.51 bits per heavy atom. The molecule has 0 bridgehead atoms. The fourth-order valence-corrected chi connectivity index (χ4v) is 6.63. The van der Waals surface area contributed by atoms with Crippen LogP contribution >= 0.6 is 11.6 Å². The number of aromatic amines is 1. The lowest BCUT2D eigenvalue weighted by molar-refractivity contribution is -0.659. The summed E-state index contributed by atoms with van der Waals surface area (Å²) >= 11 is 6.42. The van der Waals surface area contributed by atoms with Gasteiger partial charge >= 0.3 is 0 Å². The van der Waals surface area contributed by atoms with Gasteiger partial charge in [-0.2, -0.15) is 0 Å². The van der Waals surface area contributed by atoms with E-state index in [0.29, 0.717) is 10.9 Å². The van der Waals surface area contributed by atoms with Crippen LogP contribution in [-0.2, 0) is 6.42 Å². The van der Waals surface area contributed by atoms with Crippen molar-refractivity contribution in [1.29, 1.82) is 0 Å². The lowest BCUT2D eigenvalue weighted by Gasteiger charge is -2.35. The van der Waals surface area contributed by atoms with Crippen LogP contribution in [-0.4, -0.2) is 38.5 Å². The maximum absolute atomic E-state index is 6.42. The quantitative estimate of drug-likeness (QED) is 0.184. The molecule has 7 rings (SSSR count). The number of hydrogen-bond acceptors (Lipinski definition) is 4. The number of allylic oxidation sites excluding steroid dienone is 1. The zero-order valence-corrected chi connectivity index (χ0v) is 25.0. The first-order chi connectivity index (χ1) is 21.1. The summed E-state index contributed by atoms with van der Waals surface area (Å²) < 4.78 is 1.77. The minimum Gasteiger partial charge on any atom is -0.375 e. The van der Waals surface area contributed by atoms with Crippen LogP contribution in [0.4, 0.5) is 0 Å². The van der Waals surface area contributed by atoms with E-state index >= 15 is 0 Å². The number of tetrazole rings is 1. The van der Waals surface area contributed by atoms with E-state index in [1.165, 1.54) is 48.1 Å². The predicted molar refractivity (Wildman–Crippen MR) is 170 cm³/mol. The number of nitrogens with zero attached hydrogens (tertiary/aromatic N) is 5. The van der Waals surface area contributed by atoms with Crippen LogP contribution in [0, 0.1) is 5.92 Å². The van der Waals surface area contributed by atoms with Crippen LogP contribution in [0.5, 0.6) is 0 Å². The molecule has 0 radical (unpaired) electrons. The average Bonchev–Trinajstić information content (AvgIpc) is 3.77. The summed E-state index contributed by atoms with van der Waals surface area (Å²) in [6.07, 6.45) is 9.48. The average molecular weight is 588 g/mol. The maximum atomic E-state index is 6.42. The molecule has 43 heavy (non-hydrogen) atoms. The number of piperidine rings is 1. The number of benzene rings is 3. The second-order valence-corrected chi connectivity index (χ2v) is 12.3. The van der Waals surface area contributed by atoms with Crippen molar-refractivity contribution in [2.45, 2.75) is 43.9 Å². The minimum atomic E-state index is 0.135. The van der Waals surface area contributed by atoms with E-state index in [4.69, 9.17) is 16.6 Å². The Balaban J connectivity index is 1.18. The van der Waals surface area contributed by atoms with Gasteiger partial charge < -0.3 is 4.90 Å². The highest BCUT2D eigenvalue weighted by Gasteiger charge is 2.31. The first-order valence-corrected chi connectivity index (χ1v) is 15.6. The molecule has 3 heterocycles. The third-order valence-electron chi connectivity index (χ3n) is 9.07. The van der Waals surface area contributed by atoms with Crippen molar-refractivity contribution in [3.63, 3.8) is 0 Å². The van der Waals surface area contributed by atoms with Crippen molar-refractivity contribution in [2.75, 3.05) is 13.1 Å². The van der Waals surface area contributed by atoms with Gasteiger partial charge in [-0.3, -0.25) is 4.98 Å². The van der Waals surface area contributed by atoms with Gasteiger partial charge in [-0.25, -0.2) is 0 Å². The molecular formula is C36H36ClN6+. The summed E-state index contributed by atoms with van der Waals surface area (Å²) in [5, 5.41) is 11.4. The van der Waals surface area contributed by atoms with E-state index in [0.717, 1.165) is 47.9 Å². The zero-order chi connectivity index (χ0) is 29.2. The molecule has 1 N–H and O–H groups in total. The number of H-pyrrole nitrogens is 1. The Kier molecular flexibility index (Phi) is 7.77. The van der Waals surface area contributed by atoms with Gasteiger partial charge in [0.2, 0.25) is 0 Å². The molecule has 2 aromatic heterocycles. The van der Waals surface area contributed by atoms with E-state index < -0.39 is 0 Å². The summed E-state index contributed by atoms with van der Waals surface area (Å²) in [5.74, 6) is 1.45. The molecule has 1 atom stereocenters. The topological polar surface area (TPSA) is 61.6 Å². The minimum absolute atomic E-state index is 0.135. The third-order valence-corrected chi connectivity index (χ3v) is 9.30. The number of aromatic nitrogens is 5. The molecule has 1 aliphatic carbocycles. The number of rotatable bonds is 9. The lowest BCUT2D eigenvalue weighted by Crippen LogP contribution is -2.32. The zero-order valence-electron chi connectivity index (χ0n) is 24.2. The number of likely N-dealkylation sites (tertiary alicyclic amines) is 1. The highest BCUT2D eigenvalue weighted by molar-refractivity contribution is 6.31. The van der Waals surface area contributed by atoms with Gasteiger partial charge in [0.15, 0.2) is 5.21 Å². The molecule has 216 valence electrons. The van der Waals surface area contributed by atoms with E-state index in [2.05, 4.69) is 93.7 Å². The molecule has 1 saturated heterocycles. The molecule has 7 heteroatoms. The second kappa shape index (κ2) is 12.1. The number of pyridine rings is 1. The Bertz CT molecular complexity index is 1690. The highest BCUT2D eigenvalue weighted by atomic mass is 35.5. The van der Waals surface area contributed by atoms with Gasteiger partial charge in [0.25, 0.3) is 6.33 Å². The summed E-state index contributed by atoms with van der Waals surface area (Å²) in [5.41, 5.74) is 9.33. The van der Waals surface area contributed by atoms with Crippen LogP contribution in [0.2, 0.25) is 5.02 Å². The van der Waals surface area contributed by atoms with Gasteiger partial charge in [-0.05, 0) is 84.9 Å². The van der Waals surface area contributed by atoms with Gasteiger partial charge in [-0.1, -0.05) is 84.1 Å². The molecular weight excluding hydrogens is 552 g/mol. The fraction of sp³-hybridized carbons (Fsp3) is 0.278. The lowest BCUT2D eigenvalue weighted by atomic mass is 9.84. The largest absolute Gasteiger partial charge is 0.375 e. The van der Waals surface area contributed by atoms with Gasteiger partial charge in [0, 0.05) is 52.7 Å². The number of halogens is 1. The van der Waals surface area contributed by atoms with Gasteiger partial charge in [0.05, 0.1) is 0 Å². The normalized spacial score (nSPS) is 16.3. The first kappa shape index (κ1) is 27.5. The first-order valence-electron chi connectivity index (χ1n) is 15.2. The Hall–Kier alpha value is -4.29. The second-order valence-electron chi connectivity index (χ2n) is 11.9. The van der Waals surface area contributed by atoms with E-state index in [1.54, 1.807) is 11.0 Å². The highest BCUT2D eigenvalue weighted by Crippen LogP contribution is 2.40. The summed E-state index contributed by atoms with van der Waals surface area (Å²) in [6, 6.07) is 30.1. The molecule has 0 spiro atoms. The molecule has 2 fully saturated rings. The third kappa shape index (κ3) is 6.11. The molecule has 5 aromatic rings. The van der Waals surface area contributed by atoms with E-state index in [1.807, 2.05) is 24.4 Å². The van der Waals surface area contributed by atoms with Gasteiger partial charge in [-0.15, -0.1) is 4.68 Å². The van der Waals surface area contributed by atoms with Crippen LogP contribution in [0.25, 0.3) is 16.8 Å². The molecule has 0 unspecified atom stereocenters. The van der Waals surface area contributed by atoms with Crippen molar-refractivity contribution in [1.82, 2.24) is 25.4 Å².